The van der Waals surface area contributed by atoms with Crippen LogP contribution >= 0.6 is 11.6 Å². The van der Waals surface area contributed by atoms with Crippen molar-refractivity contribution in [1.82, 2.24) is 9.21 Å². The van der Waals surface area contributed by atoms with Crippen LogP contribution in [-0.2, 0) is 10.0 Å². The van der Waals surface area contributed by atoms with Crippen molar-refractivity contribution in [2.75, 3.05) is 32.7 Å². The van der Waals surface area contributed by atoms with E-state index >= 15 is 0 Å². The molecule has 1 aliphatic rings. The number of carbonyl (C=O) groups is 1. The van der Waals surface area contributed by atoms with Crippen molar-refractivity contribution in [3.8, 4) is 0 Å². The summed E-state index contributed by atoms with van der Waals surface area (Å²) in [5.74, 6) is 0.222. The Hall–Kier alpha value is -1.67. The molecule has 1 aromatic carbocycles. The number of Topliss-reactive ketones (excluding diaryl/α,β-unsaturated/α-hetero) is 1. The Morgan fingerprint density at radius 3 is 2.33 bits per heavy atom. The van der Waals surface area contributed by atoms with Crippen molar-refractivity contribution in [1.29, 1.82) is 0 Å². The average Bonchev–Trinajstić information content (AvgIpc) is 3.10. The van der Waals surface area contributed by atoms with Gasteiger partial charge in [-0.25, -0.2) is 8.42 Å². The Morgan fingerprint density at radius 1 is 1.08 bits per heavy atom. The number of carbonyl (C=O) groups excluding carboxylic acids is 1. The molecule has 128 valence electrons. The number of rotatable bonds is 5. The van der Waals surface area contributed by atoms with Gasteiger partial charge < -0.3 is 4.42 Å². The van der Waals surface area contributed by atoms with E-state index in [0.717, 1.165) is 0 Å². The summed E-state index contributed by atoms with van der Waals surface area (Å²) in [7, 11) is -3.53. The van der Waals surface area contributed by atoms with Crippen LogP contribution in [0.25, 0.3) is 0 Å². The quantitative estimate of drug-likeness (QED) is 0.756. The molecule has 1 fully saturated rings. The van der Waals surface area contributed by atoms with Crippen LogP contribution in [0.5, 0.6) is 0 Å². The molecule has 2 heterocycles. The summed E-state index contributed by atoms with van der Waals surface area (Å²) in [6.07, 6.45) is 1.46. The van der Waals surface area contributed by atoms with Gasteiger partial charge in [0.25, 0.3) is 0 Å². The van der Waals surface area contributed by atoms with Gasteiger partial charge in [-0.15, -0.1) is 0 Å². The van der Waals surface area contributed by atoms with Crippen LogP contribution < -0.4 is 0 Å². The van der Waals surface area contributed by atoms with Gasteiger partial charge in [0.2, 0.25) is 15.8 Å². The number of furan rings is 1. The van der Waals surface area contributed by atoms with Crippen LogP contribution in [0.2, 0.25) is 5.02 Å². The van der Waals surface area contributed by atoms with Gasteiger partial charge in [0.15, 0.2) is 5.76 Å². The predicted molar refractivity (Wildman–Crippen MR) is 89.7 cm³/mol. The minimum atomic E-state index is -3.53. The fourth-order valence-electron chi connectivity index (χ4n) is 2.60. The van der Waals surface area contributed by atoms with Crippen LogP contribution in [0.15, 0.2) is 52.0 Å². The van der Waals surface area contributed by atoms with Gasteiger partial charge in [0.1, 0.15) is 0 Å². The summed E-state index contributed by atoms with van der Waals surface area (Å²) in [5, 5.41) is 0.496. The van der Waals surface area contributed by atoms with Gasteiger partial charge >= 0.3 is 0 Å². The monoisotopic (exact) mass is 368 g/mol. The highest BCUT2D eigenvalue weighted by molar-refractivity contribution is 7.89. The van der Waals surface area contributed by atoms with E-state index in [-0.39, 0.29) is 17.2 Å². The third kappa shape index (κ3) is 3.70. The van der Waals surface area contributed by atoms with E-state index in [4.69, 9.17) is 16.0 Å². The highest BCUT2D eigenvalue weighted by atomic mass is 35.5. The second-order valence-corrected chi connectivity index (χ2v) is 7.91. The van der Waals surface area contributed by atoms with Crippen molar-refractivity contribution >= 4 is 27.4 Å². The molecule has 0 saturated carbocycles. The maximum absolute atomic E-state index is 12.6. The molecule has 1 aliphatic heterocycles. The number of halogens is 1. The van der Waals surface area contributed by atoms with Gasteiger partial charge in [0.05, 0.1) is 17.7 Å². The minimum absolute atomic E-state index is 0.103. The lowest BCUT2D eigenvalue weighted by molar-refractivity contribution is 0.0874. The number of hydrogen-bond donors (Lipinski definition) is 0. The van der Waals surface area contributed by atoms with Crippen LogP contribution in [0.3, 0.4) is 0 Å². The van der Waals surface area contributed by atoms with Gasteiger partial charge in [-0.1, -0.05) is 11.6 Å². The maximum Gasteiger partial charge on any atom is 0.243 e. The topological polar surface area (TPSA) is 70.8 Å². The lowest BCUT2D eigenvalue weighted by atomic mass is 10.2. The summed E-state index contributed by atoms with van der Waals surface area (Å²) < 4.78 is 31.7. The second-order valence-electron chi connectivity index (χ2n) is 5.53. The lowest BCUT2D eigenvalue weighted by Gasteiger charge is -2.33. The van der Waals surface area contributed by atoms with E-state index in [1.807, 2.05) is 4.90 Å². The molecule has 2 aromatic rings. The molecular weight excluding hydrogens is 352 g/mol. The number of nitrogens with zero attached hydrogens (tertiary/aromatic N) is 2. The van der Waals surface area contributed by atoms with Crippen molar-refractivity contribution in [2.45, 2.75) is 4.90 Å². The fourth-order valence-corrected chi connectivity index (χ4v) is 4.15. The highest BCUT2D eigenvalue weighted by Crippen LogP contribution is 2.20. The van der Waals surface area contributed by atoms with Crippen molar-refractivity contribution in [3.63, 3.8) is 0 Å². The third-order valence-corrected chi connectivity index (χ3v) is 6.11. The summed E-state index contributed by atoms with van der Waals surface area (Å²) in [5.41, 5.74) is 0. The summed E-state index contributed by atoms with van der Waals surface area (Å²) >= 11 is 5.80. The molecule has 0 aliphatic carbocycles. The number of ketones is 1. The number of sulfonamides is 1. The Kier molecular flexibility index (Phi) is 5.05. The zero-order chi connectivity index (χ0) is 17.2. The first kappa shape index (κ1) is 17.2. The Morgan fingerprint density at radius 2 is 1.75 bits per heavy atom. The molecule has 0 N–H and O–H groups in total. The molecule has 8 heteroatoms. The first-order chi connectivity index (χ1) is 11.5. The predicted octanol–water partition coefficient (Wildman–Crippen LogP) is 2.12. The minimum Gasteiger partial charge on any atom is -0.461 e. The molecule has 0 atom stereocenters. The van der Waals surface area contributed by atoms with Gasteiger partial charge in [-0.05, 0) is 36.4 Å². The second kappa shape index (κ2) is 7.06. The Balaban J connectivity index is 1.60. The molecule has 0 spiro atoms. The molecule has 24 heavy (non-hydrogen) atoms. The number of piperazine rings is 1. The highest BCUT2D eigenvalue weighted by Gasteiger charge is 2.29. The van der Waals surface area contributed by atoms with Gasteiger partial charge in [0, 0.05) is 31.2 Å². The molecule has 3 rings (SSSR count). The number of benzene rings is 1. The summed E-state index contributed by atoms with van der Waals surface area (Å²) in [4.78, 5) is 14.2. The van der Waals surface area contributed by atoms with E-state index in [1.54, 1.807) is 24.3 Å². The zero-order valence-corrected chi connectivity index (χ0v) is 14.5. The zero-order valence-electron chi connectivity index (χ0n) is 12.9. The molecule has 1 saturated heterocycles. The molecule has 0 unspecified atom stereocenters. The molecule has 0 bridgehead atoms. The van der Waals surface area contributed by atoms with Crippen LogP contribution in [0, 0.1) is 0 Å². The fraction of sp³-hybridized carbons (Fsp3) is 0.312. The van der Waals surface area contributed by atoms with Gasteiger partial charge in [-0.3, -0.25) is 9.69 Å². The molecule has 0 radical (unpaired) electrons. The summed E-state index contributed by atoms with van der Waals surface area (Å²) in [6, 6.07) is 9.43. The van der Waals surface area contributed by atoms with Gasteiger partial charge in [-0.2, -0.15) is 4.31 Å². The van der Waals surface area contributed by atoms with E-state index in [0.29, 0.717) is 37.0 Å². The Labute approximate surface area is 145 Å². The SMILES string of the molecule is O=C(CN1CCN(S(=O)(=O)c2ccc(Cl)cc2)CC1)c1ccco1. The van der Waals surface area contributed by atoms with Crippen molar-refractivity contribution in [2.24, 2.45) is 0 Å². The standard InChI is InChI=1S/C16H17ClN2O4S/c17-13-3-5-14(6-4-13)24(21,22)19-9-7-18(8-10-19)12-15(20)16-2-1-11-23-16/h1-6,11H,7-10,12H2. The van der Waals surface area contributed by atoms with Crippen LogP contribution in [0.4, 0.5) is 0 Å². The maximum atomic E-state index is 12.6. The van der Waals surface area contributed by atoms with E-state index in [2.05, 4.69) is 0 Å². The first-order valence-electron chi connectivity index (χ1n) is 7.51. The number of hydrogen-bond acceptors (Lipinski definition) is 5. The van der Waals surface area contributed by atoms with E-state index < -0.39 is 10.0 Å². The first-order valence-corrected chi connectivity index (χ1v) is 9.33. The largest absolute Gasteiger partial charge is 0.461 e. The van der Waals surface area contributed by atoms with Crippen molar-refractivity contribution < 1.29 is 17.6 Å². The molecule has 1 aromatic heterocycles. The third-order valence-electron chi connectivity index (χ3n) is 3.95. The smallest absolute Gasteiger partial charge is 0.243 e. The normalized spacial score (nSPS) is 17.0. The van der Waals surface area contributed by atoms with Crippen LogP contribution in [0.1, 0.15) is 10.6 Å². The Bertz CT molecular complexity index is 795. The average molecular weight is 369 g/mol. The molecule has 0 amide bonds. The van der Waals surface area contributed by atoms with Crippen LogP contribution in [-0.4, -0.2) is 56.1 Å². The lowest BCUT2D eigenvalue weighted by Crippen LogP contribution is -2.49. The van der Waals surface area contributed by atoms with E-state index in [1.165, 1.54) is 22.7 Å². The van der Waals surface area contributed by atoms with E-state index in [9.17, 15) is 13.2 Å². The van der Waals surface area contributed by atoms with Crippen molar-refractivity contribution in [3.05, 3.63) is 53.4 Å². The summed E-state index contributed by atoms with van der Waals surface area (Å²) in [6.45, 7) is 1.91. The molecule has 6 nitrogen and oxygen atoms in total. The molecular formula is C16H17ClN2O4S.